The molecule has 1 amide bonds. The molecule has 4 heteroatoms. The van der Waals surface area contributed by atoms with E-state index in [1.165, 1.54) is 24.3 Å². The number of carbonyl (C=O) groups excluding carboxylic acids is 1. The summed E-state index contributed by atoms with van der Waals surface area (Å²) in [6, 6.07) is 0.506. The minimum absolute atomic E-state index is 0.224. The molecular formula is C11H22N2OS. The molecule has 0 heterocycles. The number of nitrogens with one attached hydrogen (secondary N) is 2. The Bertz CT molecular complexity index is 183. The number of hydrogen-bond acceptors (Lipinski definition) is 3. The second-order valence-corrected chi connectivity index (χ2v) is 5.29. The minimum Gasteiger partial charge on any atom is -0.353 e. The first-order chi connectivity index (χ1) is 7.33. The van der Waals surface area contributed by atoms with Gasteiger partial charge in [0.2, 0.25) is 5.91 Å². The first kappa shape index (κ1) is 12.8. The zero-order valence-corrected chi connectivity index (χ0v) is 10.4. The number of hydrogen-bond donors (Lipinski definition) is 2. The van der Waals surface area contributed by atoms with Crippen LogP contribution in [0.1, 0.15) is 32.6 Å². The van der Waals surface area contributed by atoms with E-state index in [4.69, 9.17) is 0 Å². The van der Waals surface area contributed by atoms with E-state index < -0.39 is 0 Å². The van der Waals surface area contributed by atoms with E-state index in [9.17, 15) is 4.79 Å². The molecule has 1 fully saturated rings. The molecule has 0 aromatic rings. The molecule has 1 rings (SSSR count). The van der Waals surface area contributed by atoms with Gasteiger partial charge in [-0.25, -0.2) is 0 Å². The van der Waals surface area contributed by atoms with Gasteiger partial charge in [0.05, 0.1) is 0 Å². The average Bonchev–Trinajstić information content (AvgIpc) is 3.00. The van der Waals surface area contributed by atoms with Crippen LogP contribution in [0.2, 0.25) is 0 Å². The standard InChI is InChI=1S/C11H22N2OS/c1-2-15-9-8-12-7-3-4-11(14)13-10-5-6-10/h10,12H,2-9H2,1H3,(H,13,14). The Morgan fingerprint density at radius 3 is 2.87 bits per heavy atom. The summed E-state index contributed by atoms with van der Waals surface area (Å²) in [5.41, 5.74) is 0. The van der Waals surface area contributed by atoms with Crippen LogP contribution in [0.3, 0.4) is 0 Å². The van der Waals surface area contributed by atoms with Gasteiger partial charge in [-0.15, -0.1) is 0 Å². The number of carbonyl (C=O) groups is 1. The zero-order chi connectivity index (χ0) is 10.9. The van der Waals surface area contributed by atoms with E-state index in [0.717, 1.165) is 19.5 Å². The second kappa shape index (κ2) is 7.99. The van der Waals surface area contributed by atoms with Crippen molar-refractivity contribution in [3.05, 3.63) is 0 Å². The van der Waals surface area contributed by atoms with Crippen LogP contribution in [0.15, 0.2) is 0 Å². The van der Waals surface area contributed by atoms with E-state index in [1.54, 1.807) is 0 Å². The van der Waals surface area contributed by atoms with Crippen molar-refractivity contribution >= 4 is 17.7 Å². The Morgan fingerprint density at radius 2 is 2.20 bits per heavy atom. The van der Waals surface area contributed by atoms with Crippen LogP contribution in [-0.4, -0.2) is 36.5 Å². The van der Waals surface area contributed by atoms with Gasteiger partial charge in [0.1, 0.15) is 0 Å². The molecule has 0 aliphatic heterocycles. The van der Waals surface area contributed by atoms with Crippen LogP contribution < -0.4 is 10.6 Å². The molecule has 0 atom stereocenters. The molecule has 3 nitrogen and oxygen atoms in total. The summed E-state index contributed by atoms with van der Waals surface area (Å²) < 4.78 is 0. The lowest BCUT2D eigenvalue weighted by atomic mass is 10.3. The normalized spacial score (nSPS) is 15.3. The molecule has 0 bridgehead atoms. The lowest BCUT2D eigenvalue weighted by Crippen LogP contribution is -2.26. The summed E-state index contributed by atoms with van der Waals surface area (Å²) in [6.45, 7) is 4.19. The molecular weight excluding hydrogens is 208 g/mol. The van der Waals surface area contributed by atoms with Crippen molar-refractivity contribution in [3.8, 4) is 0 Å². The van der Waals surface area contributed by atoms with Crippen LogP contribution in [0.25, 0.3) is 0 Å². The predicted molar refractivity (Wildman–Crippen MR) is 66.3 cm³/mol. The first-order valence-corrected chi connectivity index (χ1v) is 7.06. The van der Waals surface area contributed by atoms with E-state index in [1.807, 2.05) is 11.8 Å². The fourth-order valence-electron chi connectivity index (χ4n) is 1.32. The van der Waals surface area contributed by atoms with Gasteiger partial charge in [0.15, 0.2) is 0 Å². The number of thioether (sulfide) groups is 1. The summed E-state index contributed by atoms with van der Waals surface area (Å²) >= 11 is 1.95. The highest BCUT2D eigenvalue weighted by molar-refractivity contribution is 7.99. The Hall–Kier alpha value is -0.220. The van der Waals surface area contributed by atoms with Crippen LogP contribution in [0.4, 0.5) is 0 Å². The van der Waals surface area contributed by atoms with Crippen molar-refractivity contribution in [1.82, 2.24) is 10.6 Å². The zero-order valence-electron chi connectivity index (χ0n) is 9.55. The Kier molecular flexibility index (Phi) is 6.85. The maximum Gasteiger partial charge on any atom is 0.220 e. The highest BCUT2D eigenvalue weighted by Crippen LogP contribution is 2.18. The van der Waals surface area contributed by atoms with Crippen LogP contribution in [-0.2, 0) is 4.79 Å². The minimum atomic E-state index is 0.224. The van der Waals surface area contributed by atoms with E-state index >= 15 is 0 Å². The Balaban J connectivity index is 1.77. The van der Waals surface area contributed by atoms with Crippen molar-refractivity contribution in [2.24, 2.45) is 0 Å². The van der Waals surface area contributed by atoms with Crippen molar-refractivity contribution in [2.75, 3.05) is 24.6 Å². The SMILES string of the molecule is CCSCCNCCCC(=O)NC1CC1. The van der Waals surface area contributed by atoms with Gasteiger partial charge in [0.25, 0.3) is 0 Å². The molecule has 0 radical (unpaired) electrons. The lowest BCUT2D eigenvalue weighted by molar-refractivity contribution is -0.121. The third kappa shape index (κ3) is 7.68. The first-order valence-electron chi connectivity index (χ1n) is 5.90. The predicted octanol–water partition coefficient (Wildman–Crippen LogP) is 1.39. The Labute approximate surface area is 96.8 Å². The highest BCUT2D eigenvalue weighted by atomic mass is 32.2. The van der Waals surface area contributed by atoms with Gasteiger partial charge < -0.3 is 10.6 Å². The van der Waals surface area contributed by atoms with E-state index in [2.05, 4.69) is 17.6 Å². The van der Waals surface area contributed by atoms with Crippen LogP contribution in [0, 0.1) is 0 Å². The maximum atomic E-state index is 11.3. The average molecular weight is 230 g/mol. The molecule has 1 saturated carbocycles. The Morgan fingerprint density at radius 1 is 1.40 bits per heavy atom. The summed E-state index contributed by atoms with van der Waals surface area (Å²) in [5.74, 6) is 2.58. The van der Waals surface area contributed by atoms with E-state index in [0.29, 0.717) is 12.5 Å². The topological polar surface area (TPSA) is 41.1 Å². The molecule has 2 N–H and O–H groups in total. The third-order valence-corrected chi connectivity index (χ3v) is 3.23. The van der Waals surface area contributed by atoms with Gasteiger partial charge >= 0.3 is 0 Å². The van der Waals surface area contributed by atoms with Crippen molar-refractivity contribution in [1.29, 1.82) is 0 Å². The molecule has 0 aromatic heterocycles. The maximum absolute atomic E-state index is 11.3. The monoisotopic (exact) mass is 230 g/mol. The fourth-order valence-corrected chi connectivity index (χ4v) is 1.89. The van der Waals surface area contributed by atoms with Crippen molar-refractivity contribution < 1.29 is 4.79 Å². The van der Waals surface area contributed by atoms with Gasteiger partial charge in [-0.3, -0.25) is 4.79 Å². The number of amides is 1. The van der Waals surface area contributed by atoms with Gasteiger partial charge in [-0.1, -0.05) is 6.92 Å². The summed E-state index contributed by atoms with van der Waals surface area (Å²) in [5, 5.41) is 6.34. The third-order valence-electron chi connectivity index (χ3n) is 2.33. The van der Waals surface area contributed by atoms with Gasteiger partial charge in [-0.05, 0) is 31.6 Å². The smallest absolute Gasteiger partial charge is 0.220 e. The molecule has 1 aliphatic rings. The largest absolute Gasteiger partial charge is 0.353 e. The fraction of sp³-hybridized carbons (Fsp3) is 0.909. The van der Waals surface area contributed by atoms with Crippen molar-refractivity contribution in [2.45, 2.75) is 38.6 Å². The van der Waals surface area contributed by atoms with Crippen LogP contribution in [0.5, 0.6) is 0 Å². The highest BCUT2D eigenvalue weighted by Gasteiger charge is 2.22. The van der Waals surface area contributed by atoms with Crippen molar-refractivity contribution in [3.63, 3.8) is 0 Å². The molecule has 0 saturated heterocycles. The second-order valence-electron chi connectivity index (χ2n) is 3.89. The molecule has 0 spiro atoms. The van der Waals surface area contributed by atoms with Gasteiger partial charge in [0, 0.05) is 24.8 Å². The molecule has 88 valence electrons. The quantitative estimate of drug-likeness (QED) is 0.588. The van der Waals surface area contributed by atoms with Gasteiger partial charge in [-0.2, -0.15) is 11.8 Å². The molecule has 1 aliphatic carbocycles. The number of rotatable bonds is 9. The summed E-state index contributed by atoms with van der Waals surface area (Å²) in [7, 11) is 0. The summed E-state index contributed by atoms with van der Waals surface area (Å²) in [4.78, 5) is 11.3. The molecule has 0 aromatic carbocycles. The van der Waals surface area contributed by atoms with E-state index in [-0.39, 0.29) is 5.91 Å². The molecule has 15 heavy (non-hydrogen) atoms. The lowest BCUT2D eigenvalue weighted by Gasteiger charge is -2.04. The summed E-state index contributed by atoms with van der Waals surface area (Å²) in [6.07, 6.45) is 3.98. The van der Waals surface area contributed by atoms with Crippen LogP contribution >= 0.6 is 11.8 Å². The molecule has 0 unspecified atom stereocenters.